The van der Waals surface area contributed by atoms with Gasteiger partial charge in [-0.25, -0.2) is 0 Å². The Morgan fingerprint density at radius 1 is 1.27 bits per heavy atom. The van der Waals surface area contributed by atoms with E-state index >= 15 is 0 Å². The zero-order valence-corrected chi connectivity index (χ0v) is 12.7. The number of aromatic nitrogens is 6. The summed E-state index contributed by atoms with van der Waals surface area (Å²) in [7, 11) is 0. The predicted octanol–water partition coefficient (Wildman–Crippen LogP) is 1.86. The first-order valence-corrected chi connectivity index (χ1v) is 7.74. The summed E-state index contributed by atoms with van der Waals surface area (Å²) in [5, 5.41) is 15.9. The molecule has 0 amide bonds. The van der Waals surface area contributed by atoms with Crippen LogP contribution in [0.25, 0.3) is 16.1 Å². The number of aromatic amines is 1. The lowest BCUT2D eigenvalue weighted by atomic mass is 10.1. The fraction of sp³-hybridized carbons (Fsp3) is 0.154. The van der Waals surface area contributed by atoms with Crippen molar-refractivity contribution in [3.05, 3.63) is 50.2 Å². The molecule has 3 heterocycles. The smallest absolute Gasteiger partial charge is 0.265 e. The van der Waals surface area contributed by atoms with Gasteiger partial charge in [-0.3, -0.25) is 4.79 Å². The van der Waals surface area contributed by atoms with Gasteiger partial charge in [0.2, 0.25) is 10.6 Å². The molecule has 0 aliphatic heterocycles. The number of nitrogens with zero attached hydrogens (tertiary/aromatic N) is 5. The van der Waals surface area contributed by atoms with Gasteiger partial charge in [0.05, 0.1) is 0 Å². The SMILES string of the molecule is O=c1c2n[nH]nc2nc2sc(CCc3cccc(Cl)c3)nn12. The van der Waals surface area contributed by atoms with E-state index in [1.165, 1.54) is 15.9 Å². The minimum Gasteiger partial charge on any atom is -0.265 e. The lowest BCUT2D eigenvalue weighted by molar-refractivity contribution is 0.839. The molecule has 0 fully saturated rings. The molecule has 7 nitrogen and oxygen atoms in total. The van der Waals surface area contributed by atoms with E-state index in [0.29, 0.717) is 22.1 Å². The van der Waals surface area contributed by atoms with Crippen molar-refractivity contribution in [2.75, 3.05) is 0 Å². The zero-order valence-electron chi connectivity index (χ0n) is 11.2. The molecule has 0 aliphatic carbocycles. The van der Waals surface area contributed by atoms with Gasteiger partial charge in [-0.15, -0.1) is 10.2 Å². The Kier molecular flexibility index (Phi) is 3.12. The normalized spacial score (nSPS) is 11.5. The average molecular weight is 333 g/mol. The molecule has 0 spiro atoms. The fourth-order valence-corrected chi connectivity index (χ4v) is 3.30. The molecule has 0 aliphatic rings. The Balaban J connectivity index is 1.68. The van der Waals surface area contributed by atoms with Gasteiger partial charge in [0.25, 0.3) is 0 Å². The van der Waals surface area contributed by atoms with E-state index in [-0.39, 0.29) is 11.1 Å². The molecular weight excluding hydrogens is 324 g/mol. The molecule has 0 bridgehead atoms. The Morgan fingerprint density at radius 2 is 2.18 bits per heavy atom. The molecule has 0 saturated heterocycles. The highest BCUT2D eigenvalue weighted by Crippen LogP contribution is 2.17. The summed E-state index contributed by atoms with van der Waals surface area (Å²) in [4.78, 5) is 17.0. The van der Waals surface area contributed by atoms with Gasteiger partial charge in [0, 0.05) is 11.4 Å². The average Bonchev–Trinajstić information content (AvgIpc) is 3.12. The van der Waals surface area contributed by atoms with Gasteiger partial charge in [0.1, 0.15) is 5.01 Å². The first kappa shape index (κ1) is 13.4. The number of halogens is 1. The highest BCUT2D eigenvalue weighted by Gasteiger charge is 2.13. The van der Waals surface area contributed by atoms with Crippen LogP contribution in [0, 0.1) is 0 Å². The largest absolute Gasteiger partial charge is 0.305 e. The standard InChI is InChI=1S/C13H9ClN6OS/c14-8-3-1-2-7(6-8)4-5-9-18-20-12(21)10-11(17-19-16-10)15-13(20)22-9/h1-3,6H,4-5H2,(H,16,17,19). The zero-order chi connectivity index (χ0) is 15.1. The summed E-state index contributed by atoms with van der Waals surface area (Å²) < 4.78 is 1.28. The molecule has 1 N–H and O–H groups in total. The van der Waals surface area contributed by atoms with Crippen molar-refractivity contribution in [3.63, 3.8) is 0 Å². The molecule has 0 atom stereocenters. The Morgan fingerprint density at radius 3 is 3.05 bits per heavy atom. The molecule has 110 valence electrons. The molecule has 9 heteroatoms. The molecule has 0 saturated carbocycles. The number of H-pyrrole nitrogens is 1. The Bertz CT molecular complexity index is 1040. The quantitative estimate of drug-likeness (QED) is 0.618. The highest BCUT2D eigenvalue weighted by atomic mass is 35.5. The minimum atomic E-state index is -0.306. The van der Waals surface area contributed by atoms with Crippen LogP contribution in [0.2, 0.25) is 5.02 Å². The van der Waals surface area contributed by atoms with E-state index in [4.69, 9.17) is 11.6 Å². The molecule has 0 unspecified atom stereocenters. The van der Waals surface area contributed by atoms with Crippen molar-refractivity contribution in [1.82, 2.24) is 30.0 Å². The van der Waals surface area contributed by atoms with E-state index in [1.807, 2.05) is 24.3 Å². The summed E-state index contributed by atoms with van der Waals surface area (Å²) in [5.74, 6) is 0. The van der Waals surface area contributed by atoms with E-state index in [1.54, 1.807) is 0 Å². The number of rotatable bonds is 3. The molecule has 4 aromatic rings. The van der Waals surface area contributed by atoms with Gasteiger partial charge >= 0.3 is 5.56 Å². The third-order valence-electron chi connectivity index (χ3n) is 3.24. The molecule has 3 aromatic heterocycles. The lowest BCUT2D eigenvalue weighted by Crippen LogP contribution is -2.15. The number of aryl methyl sites for hydroxylation is 2. The number of hydrogen-bond acceptors (Lipinski definition) is 6. The van der Waals surface area contributed by atoms with E-state index in [9.17, 15) is 4.79 Å². The lowest BCUT2D eigenvalue weighted by Gasteiger charge is -1.98. The maximum absolute atomic E-state index is 12.2. The topological polar surface area (TPSA) is 88.8 Å². The maximum Gasteiger partial charge on any atom is 0.305 e. The fourth-order valence-electron chi connectivity index (χ4n) is 2.21. The van der Waals surface area contributed by atoms with Crippen LogP contribution in [0.15, 0.2) is 29.1 Å². The second kappa shape index (κ2) is 5.15. The van der Waals surface area contributed by atoms with Crippen LogP contribution >= 0.6 is 22.9 Å². The maximum atomic E-state index is 12.2. The first-order chi connectivity index (χ1) is 10.7. The summed E-state index contributed by atoms with van der Waals surface area (Å²) in [6, 6.07) is 7.70. The van der Waals surface area contributed by atoms with Gasteiger partial charge in [-0.1, -0.05) is 35.1 Å². The molecule has 1 aromatic carbocycles. The van der Waals surface area contributed by atoms with E-state index < -0.39 is 0 Å². The van der Waals surface area contributed by atoms with E-state index in [0.717, 1.165) is 17.0 Å². The summed E-state index contributed by atoms with van der Waals surface area (Å²) in [6.07, 6.45) is 1.51. The van der Waals surface area contributed by atoms with Gasteiger partial charge in [0.15, 0.2) is 5.52 Å². The van der Waals surface area contributed by atoms with E-state index in [2.05, 4.69) is 25.5 Å². The molecular formula is C13H9ClN6OS. The van der Waals surface area contributed by atoms with Crippen molar-refractivity contribution < 1.29 is 0 Å². The molecule has 22 heavy (non-hydrogen) atoms. The van der Waals surface area contributed by atoms with Crippen molar-refractivity contribution >= 4 is 39.1 Å². The summed E-state index contributed by atoms with van der Waals surface area (Å²) >= 11 is 7.35. The highest BCUT2D eigenvalue weighted by molar-refractivity contribution is 7.16. The monoisotopic (exact) mass is 332 g/mol. The second-order valence-corrected chi connectivity index (χ2v) is 6.21. The van der Waals surface area contributed by atoms with Crippen LogP contribution in [0.5, 0.6) is 0 Å². The number of benzene rings is 1. The van der Waals surface area contributed by atoms with Crippen LogP contribution in [0.3, 0.4) is 0 Å². The molecule has 0 radical (unpaired) electrons. The third-order valence-corrected chi connectivity index (χ3v) is 4.45. The number of nitrogens with one attached hydrogen (secondary N) is 1. The second-order valence-electron chi connectivity index (χ2n) is 4.73. The third kappa shape index (κ3) is 2.26. The van der Waals surface area contributed by atoms with Crippen LogP contribution in [0.4, 0.5) is 0 Å². The predicted molar refractivity (Wildman–Crippen MR) is 83.4 cm³/mol. The Labute approximate surface area is 132 Å². The number of hydrogen-bond donors (Lipinski definition) is 1. The number of fused-ring (bicyclic) bond motifs is 2. The minimum absolute atomic E-state index is 0.198. The van der Waals surface area contributed by atoms with Crippen molar-refractivity contribution in [3.8, 4) is 0 Å². The van der Waals surface area contributed by atoms with Crippen LogP contribution in [0.1, 0.15) is 10.6 Å². The summed E-state index contributed by atoms with van der Waals surface area (Å²) in [5.41, 5.74) is 1.34. The van der Waals surface area contributed by atoms with Crippen molar-refractivity contribution in [1.29, 1.82) is 0 Å². The molecule has 4 rings (SSSR count). The van der Waals surface area contributed by atoms with Crippen LogP contribution < -0.4 is 5.56 Å². The van der Waals surface area contributed by atoms with Crippen molar-refractivity contribution in [2.24, 2.45) is 0 Å². The van der Waals surface area contributed by atoms with Crippen LogP contribution in [-0.4, -0.2) is 30.0 Å². The van der Waals surface area contributed by atoms with Crippen molar-refractivity contribution in [2.45, 2.75) is 12.8 Å². The van der Waals surface area contributed by atoms with Crippen LogP contribution in [-0.2, 0) is 12.8 Å². The first-order valence-electron chi connectivity index (χ1n) is 6.54. The van der Waals surface area contributed by atoms with Gasteiger partial charge in [-0.2, -0.15) is 19.8 Å². The summed E-state index contributed by atoms with van der Waals surface area (Å²) in [6.45, 7) is 0. The Hall–Kier alpha value is -2.32. The van der Waals surface area contributed by atoms with Gasteiger partial charge in [-0.05, 0) is 24.1 Å². The van der Waals surface area contributed by atoms with Gasteiger partial charge < -0.3 is 0 Å².